The van der Waals surface area contributed by atoms with Crippen molar-refractivity contribution in [2.45, 2.75) is 33.6 Å². The molecule has 1 fully saturated rings. The maximum Gasteiger partial charge on any atom is 0.186 e. The van der Waals surface area contributed by atoms with Gasteiger partial charge in [-0.15, -0.1) is 0 Å². The molecule has 1 aliphatic rings. The number of anilines is 2. The molecule has 7 heteroatoms. The molecule has 0 unspecified atom stereocenters. The summed E-state index contributed by atoms with van der Waals surface area (Å²) in [5, 5.41) is 0. The molecule has 3 rings (SSSR count). The molecule has 2 aromatic heterocycles. The third kappa shape index (κ3) is 3.70. The van der Waals surface area contributed by atoms with Crippen LogP contribution >= 0.6 is 0 Å². The topological polar surface area (TPSA) is 58.0 Å². The highest BCUT2D eigenvalue weighted by Crippen LogP contribution is 2.26. The molecule has 0 bridgehead atoms. The normalized spacial score (nSPS) is 15.5. The Hall–Kier alpha value is -2.31. The molecule has 0 N–H and O–H groups in total. The van der Waals surface area contributed by atoms with E-state index in [1.165, 1.54) is 6.33 Å². The smallest absolute Gasteiger partial charge is 0.186 e. The van der Waals surface area contributed by atoms with E-state index in [-0.39, 0.29) is 5.82 Å². The van der Waals surface area contributed by atoms with Gasteiger partial charge in [0, 0.05) is 37.9 Å². The first kappa shape index (κ1) is 17.5. The molecule has 0 aromatic carbocycles. The molecule has 2 aromatic rings. The third-order valence-electron chi connectivity index (χ3n) is 5.06. The first-order chi connectivity index (χ1) is 12.0. The van der Waals surface area contributed by atoms with Gasteiger partial charge in [0.05, 0.1) is 5.69 Å². The van der Waals surface area contributed by atoms with Crippen molar-refractivity contribution in [1.29, 1.82) is 0 Å². The van der Waals surface area contributed by atoms with Crippen molar-refractivity contribution in [2.24, 2.45) is 5.92 Å². The Morgan fingerprint density at radius 3 is 2.40 bits per heavy atom. The number of hydrogen-bond acceptors (Lipinski definition) is 6. The van der Waals surface area contributed by atoms with Gasteiger partial charge in [0.15, 0.2) is 11.6 Å². The summed E-state index contributed by atoms with van der Waals surface area (Å²) in [7, 11) is 1.90. The van der Waals surface area contributed by atoms with Crippen LogP contribution in [0.2, 0.25) is 0 Å². The lowest BCUT2D eigenvalue weighted by molar-refractivity contribution is 0.404. The van der Waals surface area contributed by atoms with E-state index in [4.69, 9.17) is 0 Å². The number of piperidine rings is 1. The Kier molecular flexibility index (Phi) is 5.11. The van der Waals surface area contributed by atoms with Gasteiger partial charge in [-0.05, 0) is 39.5 Å². The van der Waals surface area contributed by atoms with E-state index >= 15 is 0 Å². The minimum atomic E-state index is -0.325. The van der Waals surface area contributed by atoms with Crippen LogP contribution in [0.15, 0.2) is 12.7 Å². The number of rotatable bonds is 4. The first-order valence-electron chi connectivity index (χ1n) is 8.68. The van der Waals surface area contributed by atoms with Crippen LogP contribution in [-0.2, 0) is 0 Å². The molecule has 0 amide bonds. The van der Waals surface area contributed by atoms with Crippen molar-refractivity contribution in [3.63, 3.8) is 0 Å². The zero-order valence-electron chi connectivity index (χ0n) is 15.3. The average molecular weight is 344 g/mol. The van der Waals surface area contributed by atoms with Crippen LogP contribution in [0, 0.1) is 32.5 Å². The van der Waals surface area contributed by atoms with Crippen molar-refractivity contribution in [3.05, 3.63) is 35.4 Å². The largest absolute Gasteiger partial charge is 0.357 e. The second-order valence-electron chi connectivity index (χ2n) is 6.82. The van der Waals surface area contributed by atoms with Gasteiger partial charge in [-0.25, -0.2) is 24.3 Å². The average Bonchev–Trinajstić information content (AvgIpc) is 2.60. The fraction of sp³-hybridized carbons (Fsp3) is 0.556. The maximum atomic E-state index is 14.2. The molecule has 0 atom stereocenters. The first-order valence-corrected chi connectivity index (χ1v) is 8.68. The Balaban J connectivity index is 1.61. The number of aromatic nitrogens is 4. The quantitative estimate of drug-likeness (QED) is 0.850. The SMILES string of the molecule is Cc1ncnc(N2CCC(CN(C)c3ncnc(C)c3F)CC2)c1C. The van der Waals surface area contributed by atoms with E-state index in [2.05, 4.69) is 31.8 Å². The second kappa shape index (κ2) is 7.29. The van der Waals surface area contributed by atoms with E-state index in [0.29, 0.717) is 17.4 Å². The molecule has 1 aliphatic heterocycles. The molecular formula is C18H25FN6. The molecular weight excluding hydrogens is 319 g/mol. The van der Waals surface area contributed by atoms with Gasteiger partial charge < -0.3 is 9.80 Å². The summed E-state index contributed by atoms with van der Waals surface area (Å²) >= 11 is 0. The van der Waals surface area contributed by atoms with Crippen molar-refractivity contribution in [1.82, 2.24) is 19.9 Å². The molecule has 6 nitrogen and oxygen atoms in total. The van der Waals surface area contributed by atoms with Crippen molar-refractivity contribution in [3.8, 4) is 0 Å². The van der Waals surface area contributed by atoms with Gasteiger partial charge >= 0.3 is 0 Å². The van der Waals surface area contributed by atoms with Gasteiger partial charge in [0.1, 0.15) is 18.5 Å². The molecule has 0 radical (unpaired) electrons. The van der Waals surface area contributed by atoms with Crippen LogP contribution in [0.4, 0.5) is 16.0 Å². The van der Waals surface area contributed by atoms with Crippen LogP contribution in [0.1, 0.15) is 29.8 Å². The van der Waals surface area contributed by atoms with Crippen molar-refractivity contribution >= 4 is 11.6 Å². The lowest BCUT2D eigenvalue weighted by atomic mass is 9.96. The Morgan fingerprint density at radius 2 is 1.68 bits per heavy atom. The summed E-state index contributed by atoms with van der Waals surface area (Å²) in [5.74, 6) is 1.61. The van der Waals surface area contributed by atoms with E-state index in [1.54, 1.807) is 13.3 Å². The van der Waals surface area contributed by atoms with Gasteiger partial charge in [-0.1, -0.05) is 0 Å². The minimum absolute atomic E-state index is 0.325. The van der Waals surface area contributed by atoms with Crippen molar-refractivity contribution in [2.75, 3.05) is 36.5 Å². The number of hydrogen-bond donors (Lipinski definition) is 0. The molecule has 3 heterocycles. The van der Waals surface area contributed by atoms with Gasteiger partial charge in [0.25, 0.3) is 0 Å². The van der Waals surface area contributed by atoms with Crippen LogP contribution in [-0.4, -0.2) is 46.6 Å². The lowest BCUT2D eigenvalue weighted by Crippen LogP contribution is -2.39. The third-order valence-corrected chi connectivity index (χ3v) is 5.06. The Bertz CT molecular complexity index is 742. The van der Waals surface area contributed by atoms with Crippen LogP contribution in [0.5, 0.6) is 0 Å². The van der Waals surface area contributed by atoms with Crippen molar-refractivity contribution < 1.29 is 4.39 Å². The standard InChI is InChI=1S/C18H25FN6/c1-12-13(2)20-10-22-17(12)25-7-5-15(6-8-25)9-24(4)18-16(19)14(3)21-11-23-18/h10-11,15H,5-9H2,1-4H3. The van der Waals surface area contributed by atoms with Gasteiger partial charge in [-0.2, -0.15) is 0 Å². The summed E-state index contributed by atoms with van der Waals surface area (Å²) in [6.45, 7) is 8.47. The summed E-state index contributed by atoms with van der Waals surface area (Å²) in [6, 6.07) is 0. The molecule has 0 aliphatic carbocycles. The number of halogens is 1. The zero-order chi connectivity index (χ0) is 18.0. The van der Waals surface area contributed by atoms with E-state index in [0.717, 1.165) is 49.6 Å². The van der Waals surface area contributed by atoms with Crippen LogP contribution in [0.25, 0.3) is 0 Å². The van der Waals surface area contributed by atoms with Crippen LogP contribution < -0.4 is 9.80 Å². The Labute approximate surface area is 148 Å². The fourth-order valence-electron chi connectivity index (χ4n) is 3.36. The Morgan fingerprint density at radius 1 is 1.04 bits per heavy atom. The monoisotopic (exact) mass is 344 g/mol. The predicted octanol–water partition coefficient (Wildman–Crippen LogP) is 2.68. The maximum absolute atomic E-state index is 14.2. The van der Waals surface area contributed by atoms with Crippen LogP contribution in [0.3, 0.4) is 0 Å². The zero-order valence-corrected chi connectivity index (χ0v) is 15.3. The summed E-state index contributed by atoms with van der Waals surface area (Å²) in [4.78, 5) is 20.9. The van der Waals surface area contributed by atoms with E-state index < -0.39 is 0 Å². The molecule has 0 saturated carbocycles. The van der Waals surface area contributed by atoms with E-state index in [1.807, 2.05) is 18.9 Å². The van der Waals surface area contributed by atoms with Gasteiger partial charge in [-0.3, -0.25) is 0 Å². The molecule has 0 spiro atoms. The highest BCUT2D eigenvalue weighted by atomic mass is 19.1. The highest BCUT2D eigenvalue weighted by molar-refractivity contribution is 5.47. The molecule has 25 heavy (non-hydrogen) atoms. The number of nitrogens with zero attached hydrogens (tertiary/aromatic N) is 6. The lowest BCUT2D eigenvalue weighted by Gasteiger charge is -2.35. The number of aryl methyl sites for hydroxylation is 2. The summed E-state index contributed by atoms with van der Waals surface area (Å²) < 4.78 is 14.2. The molecule has 1 saturated heterocycles. The highest BCUT2D eigenvalue weighted by Gasteiger charge is 2.24. The summed E-state index contributed by atoms with van der Waals surface area (Å²) in [6.07, 6.45) is 5.17. The van der Waals surface area contributed by atoms with Gasteiger partial charge in [0.2, 0.25) is 0 Å². The van der Waals surface area contributed by atoms with E-state index in [9.17, 15) is 4.39 Å². The minimum Gasteiger partial charge on any atom is -0.357 e. The predicted molar refractivity (Wildman–Crippen MR) is 96.4 cm³/mol. The fourth-order valence-corrected chi connectivity index (χ4v) is 3.36. The second-order valence-corrected chi connectivity index (χ2v) is 6.82. The summed E-state index contributed by atoms with van der Waals surface area (Å²) in [5.41, 5.74) is 2.57. The molecule has 134 valence electrons.